The van der Waals surface area contributed by atoms with Gasteiger partial charge < -0.3 is 10.0 Å². The maximum Gasteiger partial charge on any atom is 0.227 e. The number of piperazine rings is 1. The highest BCUT2D eigenvalue weighted by atomic mass is 16.3. The average molecular weight is 355 g/mol. The van der Waals surface area contributed by atoms with Crippen LogP contribution in [0.2, 0.25) is 0 Å². The highest BCUT2D eigenvalue weighted by molar-refractivity contribution is 5.79. The zero-order valence-electron chi connectivity index (χ0n) is 15.4. The summed E-state index contributed by atoms with van der Waals surface area (Å²) in [6, 6.07) is 11.1. The number of carbonyl (C=O) groups excluding carboxylic acids is 1. The van der Waals surface area contributed by atoms with Gasteiger partial charge in [0, 0.05) is 44.8 Å². The minimum absolute atomic E-state index is 0.0718. The molecule has 140 valence electrons. The van der Waals surface area contributed by atoms with E-state index in [9.17, 15) is 9.90 Å². The van der Waals surface area contributed by atoms with Gasteiger partial charge in [0.05, 0.1) is 18.1 Å². The van der Waals surface area contributed by atoms with E-state index >= 15 is 0 Å². The number of hydrogen-bond donors (Lipinski definition) is 1. The zero-order chi connectivity index (χ0) is 17.7. The molecule has 4 fully saturated rings. The fourth-order valence-electron chi connectivity index (χ4n) is 5.48. The van der Waals surface area contributed by atoms with Crippen molar-refractivity contribution in [1.82, 2.24) is 14.7 Å². The zero-order valence-corrected chi connectivity index (χ0v) is 15.4. The summed E-state index contributed by atoms with van der Waals surface area (Å²) < 4.78 is 0. The number of benzene rings is 1. The Kier molecular flexibility index (Phi) is 4.07. The van der Waals surface area contributed by atoms with Gasteiger partial charge in [-0.1, -0.05) is 36.8 Å². The van der Waals surface area contributed by atoms with Crippen LogP contribution in [-0.2, 0) is 11.2 Å². The largest absolute Gasteiger partial charge is 0.392 e. The Bertz CT molecular complexity index is 669. The predicted octanol–water partition coefficient (Wildman–Crippen LogP) is 1.11. The van der Waals surface area contributed by atoms with Gasteiger partial charge in [0.15, 0.2) is 0 Å². The van der Waals surface area contributed by atoms with Crippen LogP contribution in [0.4, 0.5) is 0 Å². The van der Waals surface area contributed by atoms with E-state index in [-0.39, 0.29) is 17.6 Å². The summed E-state index contributed by atoms with van der Waals surface area (Å²) in [5.74, 6) is 0.235. The van der Waals surface area contributed by atoms with E-state index in [0.29, 0.717) is 12.5 Å². The highest BCUT2D eigenvalue weighted by Gasteiger charge is 2.57. The van der Waals surface area contributed by atoms with Crippen molar-refractivity contribution in [2.75, 3.05) is 32.7 Å². The van der Waals surface area contributed by atoms with Gasteiger partial charge >= 0.3 is 0 Å². The molecule has 2 atom stereocenters. The number of β-amino-alcohol motifs (C(OH)–C–C–N with tert-alkyl or cyclic N) is 1. The summed E-state index contributed by atoms with van der Waals surface area (Å²) in [7, 11) is 0. The smallest absolute Gasteiger partial charge is 0.227 e. The quantitative estimate of drug-likeness (QED) is 0.883. The molecule has 1 aliphatic carbocycles. The summed E-state index contributed by atoms with van der Waals surface area (Å²) in [6.07, 6.45) is 5.08. The number of aliphatic hydroxyl groups excluding tert-OH is 1. The molecule has 0 aromatic heterocycles. The summed E-state index contributed by atoms with van der Waals surface area (Å²) in [5.41, 5.74) is 1.16. The van der Waals surface area contributed by atoms with Gasteiger partial charge in [-0.05, 0) is 24.8 Å². The molecule has 1 saturated carbocycles. The molecule has 3 aliphatic heterocycles. The van der Waals surface area contributed by atoms with Crippen molar-refractivity contribution < 1.29 is 9.90 Å². The van der Waals surface area contributed by atoms with E-state index in [0.717, 1.165) is 50.7 Å². The van der Waals surface area contributed by atoms with Crippen LogP contribution in [0.1, 0.15) is 31.2 Å². The first-order valence-corrected chi connectivity index (χ1v) is 10.1. The number of likely N-dealkylation sites (tertiary alicyclic amines) is 1. The lowest BCUT2D eigenvalue weighted by Gasteiger charge is -2.63. The second-order valence-electron chi connectivity index (χ2n) is 8.85. The van der Waals surface area contributed by atoms with Crippen molar-refractivity contribution in [2.45, 2.75) is 55.8 Å². The van der Waals surface area contributed by atoms with E-state index in [2.05, 4.69) is 14.7 Å². The van der Waals surface area contributed by atoms with Gasteiger partial charge in [-0.2, -0.15) is 0 Å². The molecule has 4 aliphatic rings. The Morgan fingerprint density at radius 1 is 1.08 bits per heavy atom. The first-order chi connectivity index (χ1) is 12.6. The van der Waals surface area contributed by atoms with Gasteiger partial charge in [0.2, 0.25) is 5.91 Å². The average Bonchev–Trinajstić information content (AvgIpc) is 2.93. The lowest BCUT2D eigenvalue weighted by molar-refractivity contribution is -0.156. The van der Waals surface area contributed by atoms with Crippen LogP contribution in [-0.4, -0.2) is 82.2 Å². The van der Waals surface area contributed by atoms with Crippen molar-refractivity contribution >= 4 is 5.91 Å². The fourth-order valence-corrected chi connectivity index (χ4v) is 5.48. The normalized spacial score (nSPS) is 31.5. The highest BCUT2D eigenvalue weighted by Crippen LogP contribution is 2.42. The van der Waals surface area contributed by atoms with E-state index in [1.165, 1.54) is 19.3 Å². The number of fused-ring (bicyclic) bond motifs is 2. The fraction of sp³-hybridized carbons (Fsp3) is 0.667. The maximum atomic E-state index is 13.0. The Morgan fingerprint density at radius 2 is 1.85 bits per heavy atom. The van der Waals surface area contributed by atoms with E-state index in [1.54, 1.807) is 0 Å². The second kappa shape index (κ2) is 6.32. The first kappa shape index (κ1) is 16.7. The number of aliphatic hydroxyl groups is 1. The third-order valence-corrected chi connectivity index (χ3v) is 7.05. The van der Waals surface area contributed by atoms with Crippen molar-refractivity contribution in [2.24, 2.45) is 0 Å². The number of hydrogen-bond acceptors (Lipinski definition) is 4. The molecule has 3 saturated heterocycles. The van der Waals surface area contributed by atoms with Crippen LogP contribution in [0.25, 0.3) is 0 Å². The molecule has 5 heteroatoms. The molecule has 0 bridgehead atoms. The van der Waals surface area contributed by atoms with Gasteiger partial charge in [-0.25, -0.2) is 0 Å². The molecule has 1 N–H and O–H groups in total. The van der Waals surface area contributed by atoms with Crippen LogP contribution in [0.3, 0.4) is 0 Å². The lowest BCUT2D eigenvalue weighted by Crippen LogP contribution is -2.79. The standard InChI is InChI=1S/C21H29N3O2/c25-19-10-18-11-22(20(26)9-16-5-2-1-3-6-16)13-21(24(18)12-19)14-23(15-21)17-7-4-8-17/h1-3,5-6,17-19,25H,4,7-15H2/t18-,19+/m0/s1. The lowest BCUT2D eigenvalue weighted by atomic mass is 9.79. The number of nitrogens with zero attached hydrogens (tertiary/aromatic N) is 3. The topological polar surface area (TPSA) is 47.0 Å². The van der Waals surface area contributed by atoms with Crippen LogP contribution in [0.5, 0.6) is 0 Å². The third kappa shape index (κ3) is 2.77. The predicted molar refractivity (Wildman–Crippen MR) is 99.8 cm³/mol. The van der Waals surface area contributed by atoms with Crippen molar-refractivity contribution in [1.29, 1.82) is 0 Å². The summed E-state index contributed by atoms with van der Waals surface area (Å²) in [4.78, 5) is 20.2. The van der Waals surface area contributed by atoms with Crippen molar-refractivity contribution in [3.8, 4) is 0 Å². The van der Waals surface area contributed by atoms with E-state index in [1.807, 2.05) is 30.3 Å². The minimum atomic E-state index is -0.237. The van der Waals surface area contributed by atoms with Gasteiger partial charge in [-0.15, -0.1) is 0 Å². The van der Waals surface area contributed by atoms with E-state index < -0.39 is 0 Å². The third-order valence-electron chi connectivity index (χ3n) is 7.05. The number of rotatable bonds is 3. The monoisotopic (exact) mass is 355 g/mol. The van der Waals surface area contributed by atoms with Crippen molar-refractivity contribution in [3.63, 3.8) is 0 Å². The molecule has 5 nitrogen and oxygen atoms in total. The molecule has 5 rings (SSSR count). The second-order valence-corrected chi connectivity index (χ2v) is 8.85. The molecule has 0 unspecified atom stereocenters. The van der Waals surface area contributed by atoms with Crippen LogP contribution in [0.15, 0.2) is 30.3 Å². The molecular formula is C21H29N3O2. The molecule has 1 spiro atoms. The van der Waals surface area contributed by atoms with E-state index in [4.69, 9.17) is 0 Å². The molecule has 1 amide bonds. The van der Waals surface area contributed by atoms with Gasteiger partial charge in [0.1, 0.15) is 0 Å². The van der Waals surface area contributed by atoms with Gasteiger partial charge in [-0.3, -0.25) is 14.6 Å². The van der Waals surface area contributed by atoms with Crippen LogP contribution < -0.4 is 0 Å². The number of carbonyl (C=O) groups is 1. The molecule has 26 heavy (non-hydrogen) atoms. The number of amides is 1. The van der Waals surface area contributed by atoms with Gasteiger partial charge in [0.25, 0.3) is 0 Å². The Morgan fingerprint density at radius 3 is 2.54 bits per heavy atom. The molecule has 0 radical (unpaired) electrons. The summed E-state index contributed by atoms with van der Waals surface area (Å²) in [6.45, 7) is 4.51. The Hall–Kier alpha value is -1.43. The summed E-state index contributed by atoms with van der Waals surface area (Å²) >= 11 is 0. The SMILES string of the molecule is O=C(Cc1ccccc1)N1C[C@@H]2C[C@@H](O)CN2C2(C1)CN(C1CCC1)C2. The van der Waals surface area contributed by atoms with Crippen LogP contribution >= 0.6 is 0 Å². The van der Waals surface area contributed by atoms with Crippen molar-refractivity contribution in [3.05, 3.63) is 35.9 Å². The minimum Gasteiger partial charge on any atom is -0.392 e. The first-order valence-electron chi connectivity index (χ1n) is 10.1. The molecule has 3 heterocycles. The molecule has 1 aromatic carbocycles. The van der Waals surface area contributed by atoms with Crippen LogP contribution in [0, 0.1) is 0 Å². The summed E-state index contributed by atoms with van der Waals surface area (Å²) in [5, 5.41) is 10.2. The Balaban J connectivity index is 1.31. The maximum absolute atomic E-state index is 13.0. The molecular weight excluding hydrogens is 326 g/mol. The Labute approximate surface area is 155 Å². The molecule has 1 aromatic rings.